The number of nitrogens with two attached hydrogens (primary N) is 1. The highest BCUT2D eigenvalue weighted by Crippen LogP contribution is 2.43. The monoisotopic (exact) mass is 764 g/mol. The van der Waals surface area contributed by atoms with Gasteiger partial charge in [-0.3, -0.25) is 18.6 Å². The maximum Gasteiger partial charge on any atom is 0.472 e. The Kier molecular flexibility index (Phi) is 37.3. The minimum absolute atomic E-state index is 0.0592. The predicted molar refractivity (Wildman–Crippen MR) is 219 cm³/mol. The number of hydrogen-bond donors (Lipinski definition) is 2. The first kappa shape index (κ1) is 50.5. The van der Waals surface area contributed by atoms with Crippen molar-refractivity contribution in [1.82, 2.24) is 0 Å². The lowest BCUT2D eigenvalue weighted by Crippen LogP contribution is -2.25. The van der Waals surface area contributed by atoms with E-state index in [1.807, 2.05) is 18.2 Å². The molecule has 0 spiro atoms. The fraction of sp³-hybridized carbons (Fsp3) is 0.674. The van der Waals surface area contributed by atoms with Crippen LogP contribution in [-0.4, -0.2) is 49.1 Å². The van der Waals surface area contributed by atoms with Crippen LogP contribution >= 0.6 is 7.82 Å². The Morgan fingerprint density at radius 1 is 0.642 bits per heavy atom. The van der Waals surface area contributed by atoms with E-state index in [9.17, 15) is 19.0 Å². The highest BCUT2D eigenvalue weighted by Gasteiger charge is 2.24. The van der Waals surface area contributed by atoms with Crippen molar-refractivity contribution in [2.75, 3.05) is 26.4 Å². The smallest absolute Gasteiger partial charge is 0.472 e. The van der Waals surface area contributed by atoms with Gasteiger partial charge in [-0.1, -0.05) is 126 Å². The van der Waals surface area contributed by atoms with Crippen molar-refractivity contribution in [3.63, 3.8) is 0 Å². The van der Waals surface area contributed by atoms with E-state index in [2.05, 4.69) is 50.3 Å². The number of carbonyl (C=O) groups excluding carboxylic acids is 2. The number of esters is 1. The molecule has 0 heterocycles. The number of ketones is 1. The average Bonchev–Trinajstić information content (AvgIpc) is 3.14. The quantitative estimate of drug-likeness (QED) is 0.0120. The molecule has 0 aromatic heterocycles. The summed E-state index contributed by atoms with van der Waals surface area (Å²) in [6.07, 6.45) is 45.9. The van der Waals surface area contributed by atoms with Gasteiger partial charge in [-0.25, -0.2) is 4.57 Å². The highest BCUT2D eigenvalue weighted by atomic mass is 31.2. The SMILES string of the molecule is CCCCC/C=C\C/C=C\C/C=C\C=C\C(=O)CCCC(=O)OC[C@H](COP(=O)(O)OCCN)O/C=C/CCCCCC/C=C\CCCCCCCC. The molecule has 9 nitrogen and oxygen atoms in total. The lowest BCUT2D eigenvalue weighted by atomic mass is 10.1. The third kappa shape index (κ3) is 39.0. The minimum atomic E-state index is -4.33. The number of phosphoric acid groups is 1. The van der Waals surface area contributed by atoms with Gasteiger partial charge in [0.15, 0.2) is 11.9 Å². The standard InChI is InChI=1S/C43H74NO8P/c1-3-5-7-9-11-13-15-17-18-19-21-23-25-27-29-31-37-49-42(40-52-53(47,48)51-38-36-44)39-50-43(46)35-32-34-41(45)33-30-28-26-24-22-20-16-14-12-10-8-6-4-2/h12,14,17-18,20,22,26,28,30-31,33,37,42H,3-11,13,15-16,19,21,23-25,27,29,32,34-36,38-40,44H2,1-2H3,(H,47,48)/b14-12-,18-17-,22-20-,28-26-,33-30+,37-31+/t42-/m1/s1. The number of carbonyl (C=O) groups is 2. The van der Waals surface area contributed by atoms with Gasteiger partial charge in [-0.2, -0.15) is 0 Å². The lowest BCUT2D eigenvalue weighted by molar-refractivity contribution is -0.147. The highest BCUT2D eigenvalue weighted by molar-refractivity contribution is 7.47. The molecule has 0 saturated heterocycles. The first-order chi connectivity index (χ1) is 25.8. The van der Waals surface area contributed by atoms with E-state index in [1.165, 1.54) is 89.4 Å². The van der Waals surface area contributed by atoms with Gasteiger partial charge in [0.05, 0.1) is 19.5 Å². The molecule has 2 atom stereocenters. The molecule has 0 aromatic carbocycles. The second-order valence-corrected chi connectivity index (χ2v) is 14.7. The number of hydrogen-bond acceptors (Lipinski definition) is 8. The summed E-state index contributed by atoms with van der Waals surface area (Å²) in [5.74, 6) is -0.566. The molecule has 1 unspecified atom stereocenters. The van der Waals surface area contributed by atoms with E-state index in [0.717, 1.165) is 44.9 Å². The zero-order chi connectivity index (χ0) is 38.9. The van der Waals surface area contributed by atoms with Crippen molar-refractivity contribution in [3.8, 4) is 0 Å². The molecule has 0 aliphatic rings. The Hall–Kier alpha value is -2.55. The molecule has 0 bridgehead atoms. The Labute approximate surface area is 322 Å². The molecule has 0 aliphatic heterocycles. The molecule has 0 saturated carbocycles. The Bertz CT molecular complexity index is 1100. The topological polar surface area (TPSA) is 134 Å². The Morgan fingerprint density at radius 3 is 1.85 bits per heavy atom. The zero-order valence-corrected chi connectivity index (χ0v) is 34.1. The van der Waals surface area contributed by atoms with Gasteiger partial charge in [-0.15, -0.1) is 0 Å². The van der Waals surface area contributed by atoms with Gasteiger partial charge in [0.1, 0.15) is 6.61 Å². The van der Waals surface area contributed by atoms with Crippen molar-refractivity contribution in [2.24, 2.45) is 5.73 Å². The molecule has 53 heavy (non-hydrogen) atoms. The van der Waals surface area contributed by atoms with Crippen molar-refractivity contribution in [1.29, 1.82) is 0 Å². The molecule has 10 heteroatoms. The van der Waals surface area contributed by atoms with Crippen LogP contribution in [0.3, 0.4) is 0 Å². The second kappa shape index (κ2) is 39.2. The van der Waals surface area contributed by atoms with Gasteiger partial charge in [0.25, 0.3) is 0 Å². The van der Waals surface area contributed by atoms with E-state index in [1.54, 1.807) is 6.08 Å². The Balaban J connectivity index is 4.35. The molecule has 0 rings (SSSR count). The van der Waals surface area contributed by atoms with Crippen LogP contribution in [0.25, 0.3) is 0 Å². The molecule has 0 amide bonds. The number of phosphoric ester groups is 1. The maximum absolute atomic E-state index is 12.4. The first-order valence-corrected chi connectivity index (χ1v) is 21.9. The van der Waals surface area contributed by atoms with Crippen molar-refractivity contribution in [2.45, 2.75) is 161 Å². The van der Waals surface area contributed by atoms with Gasteiger partial charge >= 0.3 is 13.8 Å². The average molecular weight is 764 g/mol. The van der Waals surface area contributed by atoms with E-state index in [0.29, 0.717) is 6.42 Å². The van der Waals surface area contributed by atoms with Crippen LogP contribution < -0.4 is 5.73 Å². The summed E-state index contributed by atoms with van der Waals surface area (Å²) in [4.78, 5) is 34.4. The molecule has 0 fully saturated rings. The normalized spacial score (nSPS) is 14.1. The Morgan fingerprint density at radius 2 is 1.19 bits per heavy atom. The van der Waals surface area contributed by atoms with E-state index >= 15 is 0 Å². The summed E-state index contributed by atoms with van der Waals surface area (Å²) in [5, 5.41) is 0. The molecular formula is C43H74NO8P. The molecular weight excluding hydrogens is 689 g/mol. The van der Waals surface area contributed by atoms with Crippen LogP contribution in [0.5, 0.6) is 0 Å². The third-order valence-electron chi connectivity index (χ3n) is 8.16. The van der Waals surface area contributed by atoms with Crippen molar-refractivity contribution < 1.29 is 37.6 Å². The molecule has 0 aliphatic carbocycles. The second-order valence-electron chi connectivity index (χ2n) is 13.2. The summed E-state index contributed by atoms with van der Waals surface area (Å²) in [6, 6.07) is 0. The fourth-order valence-electron chi connectivity index (χ4n) is 5.04. The van der Waals surface area contributed by atoms with Crippen LogP contribution in [-0.2, 0) is 32.7 Å². The zero-order valence-electron chi connectivity index (χ0n) is 33.2. The first-order valence-electron chi connectivity index (χ1n) is 20.4. The summed E-state index contributed by atoms with van der Waals surface area (Å²) in [7, 11) is -4.33. The summed E-state index contributed by atoms with van der Waals surface area (Å²) >= 11 is 0. The van der Waals surface area contributed by atoms with Crippen LogP contribution in [0.1, 0.15) is 155 Å². The molecule has 0 radical (unpaired) electrons. The largest absolute Gasteiger partial charge is 0.492 e. The van der Waals surface area contributed by atoms with E-state index in [4.69, 9.17) is 24.3 Å². The fourth-order valence-corrected chi connectivity index (χ4v) is 5.81. The lowest BCUT2D eigenvalue weighted by Gasteiger charge is -2.19. The molecule has 3 N–H and O–H groups in total. The number of allylic oxidation sites excluding steroid dienone is 11. The molecule has 304 valence electrons. The van der Waals surface area contributed by atoms with Crippen LogP contribution in [0.2, 0.25) is 0 Å². The van der Waals surface area contributed by atoms with Crippen molar-refractivity contribution in [3.05, 3.63) is 73.1 Å². The van der Waals surface area contributed by atoms with Crippen LogP contribution in [0.15, 0.2) is 73.1 Å². The number of rotatable bonds is 38. The summed E-state index contributed by atoms with van der Waals surface area (Å²) < 4.78 is 32.9. The van der Waals surface area contributed by atoms with Gasteiger partial charge in [-0.05, 0) is 82.8 Å². The molecule has 0 aromatic rings. The van der Waals surface area contributed by atoms with Gasteiger partial charge in [0, 0.05) is 19.4 Å². The van der Waals surface area contributed by atoms with E-state index in [-0.39, 0.29) is 45.0 Å². The maximum atomic E-state index is 12.4. The van der Waals surface area contributed by atoms with Crippen LogP contribution in [0, 0.1) is 0 Å². The number of ether oxygens (including phenoxy) is 2. The summed E-state index contributed by atoms with van der Waals surface area (Å²) in [6.45, 7) is 3.87. The predicted octanol–water partition coefficient (Wildman–Crippen LogP) is 11.5. The summed E-state index contributed by atoms with van der Waals surface area (Å²) in [5.41, 5.74) is 5.34. The minimum Gasteiger partial charge on any atom is -0.492 e. The van der Waals surface area contributed by atoms with Gasteiger partial charge in [0.2, 0.25) is 0 Å². The van der Waals surface area contributed by atoms with Crippen molar-refractivity contribution >= 4 is 19.6 Å². The van der Waals surface area contributed by atoms with E-state index < -0.39 is 19.9 Å². The van der Waals surface area contributed by atoms with Crippen LogP contribution in [0.4, 0.5) is 0 Å². The third-order valence-corrected chi connectivity index (χ3v) is 9.15. The van der Waals surface area contributed by atoms with Gasteiger partial charge < -0.3 is 20.1 Å². The number of unbranched alkanes of at least 4 members (excludes halogenated alkanes) is 14.